The zero-order chi connectivity index (χ0) is 15.3. The van der Waals surface area contributed by atoms with Crippen LogP contribution in [0.15, 0.2) is 4.99 Å². The zero-order valence-corrected chi connectivity index (χ0v) is 16.7. The Hall–Kier alpha value is -0.0800. The van der Waals surface area contributed by atoms with E-state index in [-0.39, 0.29) is 24.0 Å². The van der Waals surface area contributed by atoms with Crippen molar-refractivity contribution in [3.63, 3.8) is 0 Å². The van der Waals surface area contributed by atoms with Gasteiger partial charge in [0.1, 0.15) is 0 Å². The van der Waals surface area contributed by atoms with Crippen molar-refractivity contribution in [2.24, 2.45) is 10.7 Å². The Morgan fingerprint density at radius 2 is 1.82 bits per heavy atom. The summed E-state index contributed by atoms with van der Waals surface area (Å²) in [7, 11) is 0. The number of guanidine groups is 1. The molecule has 0 aliphatic carbocycles. The van der Waals surface area contributed by atoms with Gasteiger partial charge >= 0.3 is 0 Å². The summed E-state index contributed by atoms with van der Waals surface area (Å²) in [4.78, 5) is 6.86. The maximum absolute atomic E-state index is 5.91. The summed E-state index contributed by atoms with van der Waals surface area (Å²) in [5.41, 5.74) is 5.91. The molecule has 0 spiro atoms. The minimum atomic E-state index is 0. The molecule has 0 aromatic carbocycles. The topological polar surface area (TPSA) is 62.9 Å². The second kappa shape index (κ2) is 14.5. The van der Waals surface area contributed by atoms with Crippen molar-refractivity contribution in [3.8, 4) is 0 Å². The lowest BCUT2D eigenvalue weighted by atomic mass is 10.1. The van der Waals surface area contributed by atoms with E-state index in [0.29, 0.717) is 12.0 Å². The quantitative estimate of drug-likeness (QED) is 0.244. The average Bonchev–Trinajstić information content (AvgIpc) is 2.52. The van der Waals surface area contributed by atoms with Crippen molar-refractivity contribution in [3.05, 3.63) is 0 Å². The number of ether oxygens (including phenoxy) is 1. The molecule has 0 aromatic heterocycles. The molecule has 0 saturated carbocycles. The van der Waals surface area contributed by atoms with Gasteiger partial charge in [-0.05, 0) is 13.3 Å². The van der Waals surface area contributed by atoms with E-state index in [2.05, 4.69) is 29.1 Å². The van der Waals surface area contributed by atoms with Crippen LogP contribution in [0, 0.1) is 0 Å². The van der Waals surface area contributed by atoms with Gasteiger partial charge in [0.25, 0.3) is 0 Å². The molecule has 0 radical (unpaired) electrons. The molecule has 1 aliphatic heterocycles. The van der Waals surface area contributed by atoms with Crippen LogP contribution in [0.5, 0.6) is 0 Å². The fraction of sp³-hybridized carbons (Fsp3) is 0.938. The van der Waals surface area contributed by atoms with Crippen molar-refractivity contribution < 1.29 is 4.74 Å². The average molecular weight is 426 g/mol. The summed E-state index contributed by atoms with van der Waals surface area (Å²) < 4.78 is 5.36. The molecule has 1 saturated heterocycles. The van der Waals surface area contributed by atoms with E-state index in [1.807, 2.05) is 0 Å². The largest absolute Gasteiger partial charge is 0.379 e. The molecular formula is C16H35IN4O. The fourth-order valence-corrected chi connectivity index (χ4v) is 2.54. The number of nitrogens with one attached hydrogen (secondary N) is 1. The third-order valence-electron chi connectivity index (χ3n) is 4.03. The molecule has 1 heterocycles. The predicted octanol–water partition coefficient (Wildman–Crippen LogP) is 2.59. The van der Waals surface area contributed by atoms with Gasteiger partial charge in [-0.15, -0.1) is 24.0 Å². The number of hydrogen-bond acceptors (Lipinski definition) is 3. The molecule has 0 aromatic rings. The molecule has 0 amide bonds. The van der Waals surface area contributed by atoms with Gasteiger partial charge in [-0.25, -0.2) is 0 Å². The van der Waals surface area contributed by atoms with E-state index in [1.54, 1.807) is 0 Å². The van der Waals surface area contributed by atoms with E-state index in [1.165, 1.54) is 38.5 Å². The summed E-state index contributed by atoms with van der Waals surface area (Å²) >= 11 is 0. The molecular weight excluding hydrogens is 391 g/mol. The maximum Gasteiger partial charge on any atom is 0.188 e. The van der Waals surface area contributed by atoms with Gasteiger partial charge in [-0.3, -0.25) is 9.89 Å². The molecule has 3 N–H and O–H groups in total. The maximum atomic E-state index is 5.91. The summed E-state index contributed by atoms with van der Waals surface area (Å²) in [5, 5.41) is 3.22. The smallest absolute Gasteiger partial charge is 0.188 e. The van der Waals surface area contributed by atoms with Crippen LogP contribution >= 0.6 is 24.0 Å². The molecule has 0 bridgehead atoms. The number of nitrogens with zero attached hydrogens (tertiary/aromatic N) is 2. The van der Waals surface area contributed by atoms with Crippen LogP contribution in [-0.4, -0.2) is 56.3 Å². The lowest BCUT2D eigenvalue weighted by molar-refractivity contribution is 0.0220. The molecule has 1 fully saturated rings. The molecule has 22 heavy (non-hydrogen) atoms. The second-order valence-corrected chi connectivity index (χ2v) is 5.92. The van der Waals surface area contributed by atoms with Gasteiger partial charge < -0.3 is 15.8 Å². The first kappa shape index (κ1) is 21.9. The molecule has 132 valence electrons. The first-order valence-electron chi connectivity index (χ1n) is 8.59. The van der Waals surface area contributed by atoms with E-state index < -0.39 is 0 Å². The van der Waals surface area contributed by atoms with Gasteiger partial charge in [0.2, 0.25) is 0 Å². The van der Waals surface area contributed by atoms with E-state index in [4.69, 9.17) is 10.5 Å². The van der Waals surface area contributed by atoms with Gasteiger partial charge in [0, 0.05) is 25.7 Å². The monoisotopic (exact) mass is 426 g/mol. The van der Waals surface area contributed by atoms with Crippen LogP contribution in [0.2, 0.25) is 0 Å². The minimum absolute atomic E-state index is 0. The van der Waals surface area contributed by atoms with Gasteiger partial charge in [-0.2, -0.15) is 0 Å². The standard InChI is InChI=1S/C16H34N4O.HI/c1-3-4-5-6-7-8-9-18-16(17)19-14-15(2)20-10-12-21-13-11-20;/h15H,3-14H2,1-2H3,(H3,17,18,19);1H. The Kier molecular flexibility index (Phi) is 14.5. The molecule has 6 heteroatoms. The Morgan fingerprint density at radius 3 is 2.50 bits per heavy atom. The molecule has 1 rings (SSSR count). The number of nitrogens with two attached hydrogens (primary N) is 1. The third-order valence-corrected chi connectivity index (χ3v) is 4.03. The van der Waals surface area contributed by atoms with Crippen molar-refractivity contribution >= 4 is 29.9 Å². The summed E-state index contributed by atoms with van der Waals surface area (Å²) in [6.07, 6.45) is 7.82. The Balaban J connectivity index is 0.00000441. The van der Waals surface area contributed by atoms with Crippen molar-refractivity contribution in [1.29, 1.82) is 0 Å². The second-order valence-electron chi connectivity index (χ2n) is 5.92. The van der Waals surface area contributed by atoms with Crippen LogP contribution in [0.3, 0.4) is 0 Å². The number of morpholine rings is 1. The van der Waals surface area contributed by atoms with Crippen molar-refractivity contribution in [1.82, 2.24) is 10.2 Å². The number of unbranched alkanes of at least 4 members (excludes halogenated alkanes) is 5. The molecule has 1 atom stereocenters. The SMILES string of the molecule is CCCCCCCCNC(N)=NCC(C)N1CCOCC1.I. The lowest BCUT2D eigenvalue weighted by Crippen LogP contribution is -2.44. The highest BCUT2D eigenvalue weighted by molar-refractivity contribution is 14.0. The van der Waals surface area contributed by atoms with Crippen LogP contribution in [0.4, 0.5) is 0 Å². The summed E-state index contributed by atoms with van der Waals surface area (Å²) in [6, 6.07) is 0.434. The van der Waals surface area contributed by atoms with E-state index in [9.17, 15) is 0 Å². The minimum Gasteiger partial charge on any atom is -0.379 e. The first-order valence-corrected chi connectivity index (χ1v) is 8.59. The van der Waals surface area contributed by atoms with Crippen molar-refractivity contribution in [2.45, 2.75) is 58.4 Å². The van der Waals surface area contributed by atoms with Gasteiger partial charge in [0.05, 0.1) is 19.8 Å². The van der Waals surface area contributed by atoms with Gasteiger partial charge in [0.15, 0.2) is 5.96 Å². The Labute approximate surface area is 153 Å². The first-order chi connectivity index (χ1) is 10.2. The van der Waals surface area contributed by atoms with Crippen LogP contribution in [0.25, 0.3) is 0 Å². The highest BCUT2D eigenvalue weighted by Crippen LogP contribution is 2.04. The Morgan fingerprint density at radius 1 is 1.18 bits per heavy atom. The number of hydrogen-bond donors (Lipinski definition) is 2. The predicted molar refractivity (Wildman–Crippen MR) is 105 cm³/mol. The van der Waals surface area contributed by atoms with Crippen LogP contribution in [0.1, 0.15) is 52.4 Å². The molecule has 1 aliphatic rings. The number of halogens is 1. The lowest BCUT2D eigenvalue weighted by Gasteiger charge is -2.31. The van der Waals surface area contributed by atoms with Crippen molar-refractivity contribution in [2.75, 3.05) is 39.4 Å². The van der Waals surface area contributed by atoms with E-state index in [0.717, 1.165) is 39.4 Å². The molecule has 5 nitrogen and oxygen atoms in total. The normalized spacial score (nSPS) is 17.8. The highest BCUT2D eigenvalue weighted by atomic mass is 127. The summed E-state index contributed by atoms with van der Waals surface area (Å²) in [6.45, 7) is 9.82. The van der Waals surface area contributed by atoms with E-state index >= 15 is 0 Å². The van der Waals surface area contributed by atoms with Gasteiger partial charge in [-0.1, -0.05) is 39.0 Å². The fourth-order valence-electron chi connectivity index (χ4n) is 2.54. The Bertz CT molecular complexity index is 283. The molecule has 1 unspecified atom stereocenters. The number of aliphatic imine (C=N–C) groups is 1. The summed E-state index contributed by atoms with van der Waals surface area (Å²) in [5.74, 6) is 0.587. The van der Waals surface area contributed by atoms with Crippen LogP contribution < -0.4 is 11.1 Å². The zero-order valence-electron chi connectivity index (χ0n) is 14.4. The van der Waals surface area contributed by atoms with Crippen LogP contribution in [-0.2, 0) is 4.74 Å². The number of rotatable bonds is 10. The third kappa shape index (κ3) is 10.6. The highest BCUT2D eigenvalue weighted by Gasteiger charge is 2.16.